The van der Waals surface area contributed by atoms with Crippen LogP contribution < -0.4 is 9.80 Å². The average molecular weight is 399 g/mol. The molecule has 0 amide bonds. The van der Waals surface area contributed by atoms with Crippen molar-refractivity contribution < 1.29 is 9.29 Å². The van der Waals surface area contributed by atoms with Gasteiger partial charge in [-0.25, -0.2) is 4.39 Å². The summed E-state index contributed by atoms with van der Waals surface area (Å²) in [5, 5.41) is 4.69. The number of aromatic nitrogens is 3. The number of halogens is 1. The number of nitrogens with zero attached hydrogens (tertiary/aromatic N) is 4. The van der Waals surface area contributed by atoms with Gasteiger partial charge < -0.3 is 9.80 Å². The zero-order valence-corrected chi connectivity index (χ0v) is 17.0. The molecule has 1 N–H and O–H groups in total. The predicted molar refractivity (Wildman–Crippen MR) is 111 cm³/mol. The summed E-state index contributed by atoms with van der Waals surface area (Å²) >= 11 is 5.71. The zero-order valence-electron chi connectivity index (χ0n) is 16.2. The van der Waals surface area contributed by atoms with Crippen molar-refractivity contribution >= 4 is 17.9 Å². The van der Waals surface area contributed by atoms with E-state index < -0.39 is 0 Å². The third kappa shape index (κ3) is 3.86. The second-order valence-corrected chi connectivity index (χ2v) is 7.74. The molecule has 7 heteroatoms. The van der Waals surface area contributed by atoms with E-state index in [0.29, 0.717) is 0 Å². The number of hydrogen-bond acceptors (Lipinski definition) is 3. The Labute approximate surface area is 169 Å². The summed E-state index contributed by atoms with van der Waals surface area (Å²) < 4.78 is 17.8. The van der Waals surface area contributed by atoms with E-state index in [2.05, 4.69) is 41.2 Å². The van der Waals surface area contributed by atoms with Gasteiger partial charge in [-0.3, -0.25) is 4.57 Å². The Kier molecular flexibility index (Phi) is 5.28. The minimum absolute atomic E-state index is 0.193. The van der Waals surface area contributed by atoms with E-state index >= 15 is 0 Å². The molecule has 1 aromatic heterocycles. The van der Waals surface area contributed by atoms with Crippen molar-refractivity contribution in [2.24, 2.45) is 0 Å². The molecule has 1 saturated heterocycles. The SMILES string of the molecule is Cc1ccc(-n2c(C)nn(C[NH+]3CCN(c4ccc(F)cc4)CC3)c2=S)cc1. The van der Waals surface area contributed by atoms with E-state index in [1.165, 1.54) is 22.6 Å². The van der Waals surface area contributed by atoms with Crippen LogP contribution in [0.5, 0.6) is 0 Å². The van der Waals surface area contributed by atoms with Gasteiger partial charge in [0.15, 0.2) is 6.67 Å². The topological polar surface area (TPSA) is 30.4 Å². The smallest absolute Gasteiger partial charge is 0.207 e. The van der Waals surface area contributed by atoms with E-state index in [9.17, 15) is 4.39 Å². The van der Waals surface area contributed by atoms with Crippen LogP contribution in [0.2, 0.25) is 0 Å². The van der Waals surface area contributed by atoms with E-state index in [0.717, 1.165) is 54.8 Å². The van der Waals surface area contributed by atoms with Gasteiger partial charge in [-0.15, -0.1) is 0 Å². The lowest BCUT2D eigenvalue weighted by Gasteiger charge is -2.33. The molecule has 3 aromatic rings. The minimum atomic E-state index is -0.193. The van der Waals surface area contributed by atoms with Gasteiger partial charge in [0.1, 0.15) is 11.6 Å². The zero-order chi connectivity index (χ0) is 19.7. The number of hydrogen-bond donors (Lipinski definition) is 1. The number of rotatable bonds is 4. The maximum atomic E-state index is 13.1. The van der Waals surface area contributed by atoms with Crippen LogP contribution in [0.25, 0.3) is 5.69 Å². The molecule has 2 heterocycles. The molecule has 146 valence electrons. The Morgan fingerprint density at radius 1 is 0.964 bits per heavy atom. The van der Waals surface area contributed by atoms with Crippen LogP contribution in [0.3, 0.4) is 0 Å². The Morgan fingerprint density at radius 3 is 2.21 bits per heavy atom. The Bertz CT molecular complexity index is 999. The average Bonchev–Trinajstić information content (AvgIpc) is 2.97. The van der Waals surface area contributed by atoms with E-state index in [4.69, 9.17) is 12.2 Å². The molecule has 28 heavy (non-hydrogen) atoms. The van der Waals surface area contributed by atoms with Crippen LogP contribution in [0.1, 0.15) is 11.4 Å². The fourth-order valence-electron chi connectivity index (χ4n) is 3.71. The van der Waals surface area contributed by atoms with Gasteiger partial charge in [0.05, 0.1) is 26.2 Å². The molecule has 0 unspecified atom stereocenters. The molecule has 0 spiro atoms. The Balaban J connectivity index is 1.44. The molecule has 1 aliphatic rings. The van der Waals surface area contributed by atoms with Gasteiger partial charge in [-0.05, 0) is 62.5 Å². The monoisotopic (exact) mass is 398 g/mol. The molecule has 0 radical (unpaired) electrons. The molecular weight excluding hydrogens is 373 g/mol. The highest BCUT2D eigenvalue weighted by molar-refractivity contribution is 7.71. The van der Waals surface area contributed by atoms with Crippen LogP contribution in [0, 0.1) is 24.4 Å². The fourth-order valence-corrected chi connectivity index (χ4v) is 4.06. The first-order chi connectivity index (χ1) is 13.5. The minimum Gasteiger partial charge on any atom is -0.360 e. The lowest BCUT2D eigenvalue weighted by atomic mass is 10.2. The van der Waals surface area contributed by atoms with Gasteiger partial charge in [0.2, 0.25) is 4.77 Å². The summed E-state index contributed by atoms with van der Waals surface area (Å²) in [5.41, 5.74) is 3.36. The largest absolute Gasteiger partial charge is 0.360 e. The first kappa shape index (κ1) is 18.8. The lowest BCUT2D eigenvalue weighted by molar-refractivity contribution is -0.924. The summed E-state index contributed by atoms with van der Waals surface area (Å²) in [6.07, 6.45) is 0. The summed E-state index contributed by atoms with van der Waals surface area (Å²) in [7, 11) is 0. The fraction of sp³-hybridized carbons (Fsp3) is 0.333. The van der Waals surface area contributed by atoms with E-state index in [1.807, 2.05) is 28.3 Å². The number of nitrogens with one attached hydrogen (secondary N) is 1. The van der Waals surface area contributed by atoms with Crippen molar-refractivity contribution in [3.8, 4) is 5.69 Å². The highest BCUT2D eigenvalue weighted by atomic mass is 32.1. The molecule has 5 nitrogen and oxygen atoms in total. The van der Waals surface area contributed by atoms with Crippen molar-refractivity contribution in [2.75, 3.05) is 31.1 Å². The van der Waals surface area contributed by atoms with Crippen LogP contribution in [0.4, 0.5) is 10.1 Å². The van der Waals surface area contributed by atoms with E-state index in [1.54, 1.807) is 0 Å². The van der Waals surface area contributed by atoms with Gasteiger partial charge in [-0.2, -0.15) is 9.78 Å². The third-order valence-electron chi connectivity index (χ3n) is 5.33. The third-order valence-corrected chi connectivity index (χ3v) is 5.72. The maximum absolute atomic E-state index is 13.1. The Morgan fingerprint density at radius 2 is 1.57 bits per heavy atom. The van der Waals surface area contributed by atoms with Crippen LogP contribution >= 0.6 is 12.2 Å². The molecule has 0 aliphatic carbocycles. The lowest BCUT2D eigenvalue weighted by Crippen LogP contribution is -3.14. The number of aryl methyl sites for hydroxylation is 2. The molecule has 1 fully saturated rings. The number of piperazine rings is 1. The van der Waals surface area contributed by atoms with Gasteiger partial charge in [-0.1, -0.05) is 17.7 Å². The van der Waals surface area contributed by atoms with Crippen LogP contribution in [0.15, 0.2) is 48.5 Å². The maximum Gasteiger partial charge on any atom is 0.207 e. The molecule has 0 bridgehead atoms. The Hall–Kier alpha value is -2.51. The number of anilines is 1. The van der Waals surface area contributed by atoms with Crippen molar-refractivity contribution in [1.29, 1.82) is 0 Å². The summed E-state index contributed by atoms with van der Waals surface area (Å²) in [5.74, 6) is 0.708. The molecule has 1 aliphatic heterocycles. The van der Waals surface area contributed by atoms with Crippen molar-refractivity contribution in [1.82, 2.24) is 14.3 Å². The molecule has 0 atom stereocenters. The number of benzene rings is 2. The van der Waals surface area contributed by atoms with Gasteiger partial charge in [0, 0.05) is 11.4 Å². The molecule has 2 aromatic carbocycles. The highest BCUT2D eigenvalue weighted by Crippen LogP contribution is 2.15. The molecule has 4 rings (SSSR count). The quantitative estimate of drug-likeness (QED) is 0.685. The first-order valence-electron chi connectivity index (χ1n) is 9.59. The van der Waals surface area contributed by atoms with Crippen LogP contribution in [-0.4, -0.2) is 40.5 Å². The summed E-state index contributed by atoms with van der Waals surface area (Å²) in [4.78, 5) is 3.75. The summed E-state index contributed by atoms with van der Waals surface area (Å²) in [6, 6.07) is 15.1. The van der Waals surface area contributed by atoms with Crippen molar-refractivity contribution in [3.05, 3.63) is 70.5 Å². The van der Waals surface area contributed by atoms with Crippen molar-refractivity contribution in [2.45, 2.75) is 20.5 Å². The second-order valence-electron chi connectivity index (χ2n) is 7.37. The summed E-state index contributed by atoms with van der Waals surface area (Å²) in [6.45, 7) is 8.70. The highest BCUT2D eigenvalue weighted by Gasteiger charge is 2.22. The first-order valence-corrected chi connectivity index (χ1v) is 10.00. The second kappa shape index (κ2) is 7.85. The predicted octanol–water partition coefficient (Wildman–Crippen LogP) is 2.52. The van der Waals surface area contributed by atoms with E-state index in [-0.39, 0.29) is 5.82 Å². The number of quaternary nitrogens is 1. The normalized spacial score (nSPS) is 15.2. The van der Waals surface area contributed by atoms with Gasteiger partial charge in [0.25, 0.3) is 0 Å². The standard InChI is InChI=1S/C21H24FN5S/c1-16-3-7-20(8-4-16)27-17(2)23-26(21(27)28)15-24-11-13-25(14-12-24)19-9-5-18(22)6-10-19/h3-10H,11-15H2,1-2H3/p+1. The van der Waals surface area contributed by atoms with Gasteiger partial charge >= 0.3 is 0 Å². The molecule has 0 saturated carbocycles. The molecular formula is C21H25FN5S+. The van der Waals surface area contributed by atoms with Crippen LogP contribution in [-0.2, 0) is 6.67 Å². The van der Waals surface area contributed by atoms with Crippen molar-refractivity contribution in [3.63, 3.8) is 0 Å².